The number of hydrogen-bond donors (Lipinski definition) is 1. The van der Waals surface area contributed by atoms with Crippen molar-refractivity contribution in [3.63, 3.8) is 0 Å². The summed E-state index contributed by atoms with van der Waals surface area (Å²) in [7, 11) is 0. The summed E-state index contributed by atoms with van der Waals surface area (Å²) in [5, 5.41) is 2.97. The minimum Gasteiger partial charge on any atom is -0.325 e. The fourth-order valence-electron chi connectivity index (χ4n) is 2.45. The van der Waals surface area contributed by atoms with Gasteiger partial charge in [0.25, 0.3) is 0 Å². The van der Waals surface area contributed by atoms with Gasteiger partial charge in [-0.1, -0.05) is 65.8 Å². The molecule has 0 saturated carbocycles. The lowest BCUT2D eigenvalue weighted by Gasteiger charge is -2.19. The number of nitrogens with one attached hydrogen (secondary N) is 1. The van der Waals surface area contributed by atoms with Crippen LogP contribution in [0.1, 0.15) is 52.7 Å². The molecule has 0 fully saturated rings. The first kappa shape index (κ1) is 19.6. The van der Waals surface area contributed by atoms with Crippen LogP contribution in [-0.4, -0.2) is 11.7 Å². The van der Waals surface area contributed by atoms with Crippen LogP contribution in [0.25, 0.3) is 0 Å². The van der Waals surface area contributed by atoms with Gasteiger partial charge >= 0.3 is 0 Å². The molecule has 1 N–H and O–H groups in total. The maximum Gasteiger partial charge on any atom is 0.234 e. The largest absolute Gasteiger partial charge is 0.325 e. The molecule has 0 spiro atoms. The second-order valence-electron chi connectivity index (χ2n) is 8.44. The Balaban J connectivity index is 1.88. The predicted octanol–water partition coefficient (Wildman–Crippen LogP) is 6.01. The van der Waals surface area contributed by atoms with Crippen LogP contribution in [0.5, 0.6) is 0 Å². The fraction of sp³-hybridized carbons (Fsp3) is 0.409. The van der Waals surface area contributed by atoms with Gasteiger partial charge in [0.15, 0.2) is 0 Å². The Morgan fingerprint density at radius 3 is 1.68 bits per heavy atom. The average molecular weight is 356 g/mol. The lowest BCUT2D eigenvalue weighted by Crippen LogP contribution is -2.15. The van der Waals surface area contributed by atoms with Crippen molar-refractivity contribution in [3.8, 4) is 0 Å². The normalized spacial score (nSPS) is 12.1. The summed E-state index contributed by atoms with van der Waals surface area (Å²) in [4.78, 5) is 13.3. The van der Waals surface area contributed by atoms with Crippen molar-refractivity contribution in [2.24, 2.45) is 0 Å². The first-order valence-corrected chi connectivity index (χ1v) is 9.68. The van der Waals surface area contributed by atoms with Crippen LogP contribution in [0.15, 0.2) is 53.4 Å². The Hall–Kier alpha value is -1.74. The van der Waals surface area contributed by atoms with Gasteiger partial charge in [0.2, 0.25) is 5.91 Å². The molecule has 2 nitrogen and oxygen atoms in total. The molecule has 0 saturated heterocycles. The van der Waals surface area contributed by atoms with Gasteiger partial charge in [0.1, 0.15) is 0 Å². The van der Waals surface area contributed by atoms with Gasteiger partial charge in [0, 0.05) is 10.6 Å². The van der Waals surface area contributed by atoms with Crippen molar-refractivity contribution in [2.45, 2.75) is 57.3 Å². The van der Waals surface area contributed by atoms with Gasteiger partial charge < -0.3 is 5.32 Å². The van der Waals surface area contributed by atoms with Gasteiger partial charge in [-0.3, -0.25) is 4.79 Å². The van der Waals surface area contributed by atoms with Crippen LogP contribution in [-0.2, 0) is 15.6 Å². The molecule has 2 aromatic rings. The van der Waals surface area contributed by atoms with E-state index in [2.05, 4.69) is 83.3 Å². The molecule has 0 aliphatic heterocycles. The molecule has 0 atom stereocenters. The molecule has 1 amide bonds. The standard InChI is InChI=1S/C22H29NOS/c1-21(2,3)16-7-11-18(12-8-16)23-20(24)15-25-19-13-9-17(10-14-19)22(4,5)6/h7-14H,15H2,1-6H3,(H,23,24). The monoisotopic (exact) mass is 355 g/mol. The Kier molecular flexibility index (Phi) is 5.99. The van der Waals surface area contributed by atoms with Gasteiger partial charge in [-0.15, -0.1) is 11.8 Å². The zero-order valence-corrected chi connectivity index (χ0v) is 17.0. The van der Waals surface area contributed by atoms with E-state index in [1.54, 1.807) is 11.8 Å². The van der Waals surface area contributed by atoms with Crippen molar-refractivity contribution >= 4 is 23.4 Å². The summed E-state index contributed by atoms with van der Waals surface area (Å²) in [5.41, 5.74) is 3.69. The number of anilines is 1. The molecule has 3 heteroatoms. The molecule has 2 aromatic carbocycles. The second-order valence-corrected chi connectivity index (χ2v) is 9.49. The maximum atomic E-state index is 12.2. The third kappa shape index (κ3) is 5.93. The van der Waals surface area contributed by atoms with Crippen LogP contribution in [0.2, 0.25) is 0 Å². The molecule has 0 aliphatic rings. The van der Waals surface area contributed by atoms with Crippen LogP contribution < -0.4 is 5.32 Å². The van der Waals surface area contributed by atoms with E-state index in [1.165, 1.54) is 11.1 Å². The van der Waals surface area contributed by atoms with Crippen LogP contribution in [0, 0.1) is 0 Å². The molecule has 0 radical (unpaired) electrons. The average Bonchev–Trinajstić information content (AvgIpc) is 2.52. The first-order valence-electron chi connectivity index (χ1n) is 8.69. The summed E-state index contributed by atoms with van der Waals surface area (Å²) in [6.45, 7) is 13.2. The highest BCUT2D eigenvalue weighted by atomic mass is 32.2. The maximum absolute atomic E-state index is 12.2. The molecule has 25 heavy (non-hydrogen) atoms. The highest BCUT2D eigenvalue weighted by Gasteiger charge is 2.14. The zero-order chi connectivity index (χ0) is 18.7. The smallest absolute Gasteiger partial charge is 0.234 e. The number of hydrogen-bond acceptors (Lipinski definition) is 2. The number of carbonyl (C=O) groups is 1. The molecular weight excluding hydrogens is 326 g/mol. The van der Waals surface area contributed by atoms with E-state index in [1.807, 2.05) is 12.1 Å². The summed E-state index contributed by atoms with van der Waals surface area (Å²) >= 11 is 1.56. The van der Waals surface area contributed by atoms with Crippen LogP contribution in [0.3, 0.4) is 0 Å². The molecule has 0 heterocycles. The first-order chi connectivity index (χ1) is 11.6. The van der Waals surface area contributed by atoms with E-state index in [0.717, 1.165) is 10.6 Å². The quantitative estimate of drug-likeness (QED) is 0.680. The predicted molar refractivity (Wildman–Crippen MR) is 110 cm³/mol. The summed E-state index contributed by atoms with van der Waals surface area (Å²) in [6, 6.07) is 16.6. The topological polar surface area (TPSA) is 29.1 Å². The lowest BCUT2D eigenvalue weighted by atomic mass is 9.87. The number of amides is 1. The minimum atomic E-state index is 0.0217. The van der Waals surface area contributed by atoms with E-state index in [0.29, 0.717) is 5.75 Å². The van der Waals surface area contributed by atoms with E-state index in [4.69, 9.17) is 0 Å². The van der Waals surface area contributed by atoms with E-state index in [-0.39, 0.29) is 16.7 Å². The molecule has 0 bridgehead atoms. The summed E-state index contributed by atoms with van der Waals surface area (Å²) in [6.07, 6.45) is 0. The molecule has 2 rings (SSSR count). The Bertz CT molecular complexity index is 704. The number of carbonyl (C=O) groups excluding carboxylic acids is 1. The highest BCUT2D eigenvalue weighted by molar-refractivity contribution is 8.00. The molecular formula is C22H29NOS. The number of thioether (sulfide) groups is 1. The van der Waals surface area contributed by atoms with E-state index >= 15 is 0 Å². The van der Waals surface area contributed by atoms with Crippen molar-refractivity contribution < 1.29 is 4.79 Å². The van der Waals surface area contributed by atoms with Crippen molar-refractivity contribution in [3.05, 3.63) is 59.7 Å². The van der Waals surface area contributed by atoms with Crippen molar-refractivity contribution in [1.29, 1.82) is 0 Å². The number of benzene rings is 2. The Morgan fingerprint density at radius 1 is 0.800 bits per heavy atom. The van der Waals surface area contributed by atoms with Crippen LogP contribution in [0.4, 0.5) is 5.69 Å². The third-order valence-corrected chi connectivity index (χ3v) is 5.14. The van der Waals surface area contributed by atoms with Gasteiger partial charge in [-0.25, -0.2) is 0 Å². The second kappa shape index (κ2) is 7.65. The van der Waals surface area contributed by atoms with Crippen molar-refractivity contribution in [1.82, 2.24) is 0 Å². The van der Waals surface area contributed by atoms with E-state index < -0.39 is 0 Å². The zero-order valence-electron chi connectivity index (χ0n) is 16.1. The minimum absolute atomic E-state index is 0.0217. The molecule has 134 valence electrons. The Morgan fingerprint density at radius 2 is 1.24 bits per heavy atom. The lowest BCUT2D eigenvalue weighted by molar-refractivity contribution is -0.113. The van der Waals surface area contributed by atoms with Gasteiger partial charge in [0.05, 0.1) is 5.75 Å². The number of rotatable bonds is 4. The fourth-order valence-corrected chi connectivity index (χ4v) is 3.15. The van der Waals surface area contributed by atoms with Crippen LogP contribution >= 0.6 is 11.8 Å². The van der Waals surface area contributed by atoms with Crippen molar-refractivity contribution in [2.75, 3.05) is 11.1 Å². The molecule has 0 aliphatic carbocycles. The third-order valence-electron chi connectivity index (χ3n) is 4.12. The van der Waals surface area contributed by atoms with Gasteiger partial charge in [-0.05, 0) is 46.2 Å². The summed E-state index contributed by atoms with van der Waals surface area (Å²) < 4.78 is 0. The SMILES string of the molecule is CC(C)(C)c1ccc(NC(=O)CSc2ccc(C(C)(C)C)cc2)cc1. The molecule has 0 unspecified atom stereocenters. The molecule has 0 aromatic heterocycles. The Labute approximate surface area is 156 Å². The highest BCUT2D eigenvalue weighted by Crippen LogP contribution is 2.26. The summed E-state index contributed by atoms with van der Waals surface area (Å²) in [5.74, 6) is 0.434. The van der Waals surface area contributed by atoms with Gasteiger partial charge in [-0.2, -0.15) is 0 Å². The van der Waals surface area contributed by atoms with E-state index in [9.17, 15) is 4.79 Å².